The lowest BCUT2D eigenvalue weighted by molar-refractivity contribution is 0.1000. The molecule has 1 heterocycles. The Morgan fingerprint density at radius 1 is 1.46 bits per heavy atom. The number of halogens is 2. The number of amides is 1. The van der Waals surface area contributed by atoms with Gasteiger partial charge in [-0.05, 0) is 6.07 Å². The zero-order valence-electron chi connectivity index (χ0n) is 6.89. The Hall–Kier alpha value is -1.000. The van der Waals surface area contributed by atoms with Crippen LogP contribution in [0.15, 0.2) is 18.3 Å². The molecule has 0 saturated heterocycles. The molecule has 2 N–H and O–H groups in total. The zero-order chi connectivity index (χ0) is 8.27. The second-order valence-electron chi connectivity index (χ2n) is 1.95. The summed E-state index contributed by atoms with van der Waals surface area (Å²) >= 11 is 0. The number of ether oxygens (including phenoxy) is 1. The van der Waals surface area contributed by atoms with Gasteiger partial charge in [0.1, 0.15) is 0 Å². The van der Waals surface area contributed by atoms with Gasteiger partial charge in [-0.15, -0.1) is 24.8 Å². The molecule has 1 aromatic rings. The number of hydrogen-bond acceptors (Lipinski definition) is 3. The molecular weight excluding hydrogens is 215 g/mol. The molecule has 0 aliphatic rings. The first-order valence-electron chi connectivity index (χ1n) is 3.04. The average Bonchev–Trinajstić information content (AvgIpc) is 2.05. The lowest BCUT2D eigenvalue weighted by atomic mass is 10.3. The molecule has 0 spiro atoms. The first kappa shape index (κ1) is 14.5. The van der Waals surface area contributed by atoms with Gasteiger partial charge in [0.25, 0.3) is 0 Å². The fraction of sp³-hybridized carbons (Fsp3) is 0.143. The Bertz CT molecular complexity index is 264. The fourth-order valence-electron chi connectivity index (χ4n) is 0.647. The summed E-state index contributed by atoms with van der Waals surface area (Å²) in [5.74, 6) is -0.0184. The topological polar surface area (TPSA) is 65.2 Å². The van der Waals surface area contributed by atoms with Crippen LogP contribution in [0.1, 0.15) is 10.4 Å². The van der Waals surface area contributed by atoms with Crippen LogP contribution in [0.3, 0.4) is 0 Å². The summed E-state index contributed by atoms with van der Waals surface area (Å²) in [6.07, 6.45) is 1.38. The van der Waals surface area contributed by atoms with Gasteiger partial charge in [0.05, 0.1) is 12.7 Å². The molecule has 0 bridgehead atoms. The van der Waals surface area contributed by atoms with Crippen LogP contribution in [0.4, 0.5) is 0 Å². The predicted octanol–water partition coefficient (Wildman–Crippen LogP) is 1.03. The molecule has 0 aliphatic heterocycles. The normalized spacial score (nSPS) is 7.77. The fourth-order valence-corrected chi connectivity index (χ4v) is 0.647. The van der Waals surface area contributed by atoms with E-state index in [2.05, 4.69) is 4.98 Å². The van der Waals surface area contributed by atoms with Crippen LogP contribution in [-0.4, -0.2) is 18.0 Å². The highest BCUT2D eigenvalue weighted by molar-refractivity contribution is 5.92. The number of carbonyl (C=O) groups excluding carboxylic acids is 1. The van der Waals surface area contributed by atoms with Gasteiger partial charge in [-0.1, -0.05) is 0 Å². The Morgan fingerprint density at radius 2 is 2.08 bits per heavy atom. The van der Waals surface area contributed by atoms with E-state index in [1.807, 2.05) is 0 Å². The molecule has 0 aliphatic carbocycles. The molecule has 4 nitrogen and oxygen atoms in total. The van der Waals surface area contributed by atoms with Crippen LogP contribution in [-0.2, 0) is 0 Å². The monoisotopic (exact) mass is 224 g/mol. The Balaban J connectivity index is 0. The van der Waals surface area contributed by atoms with Crippen molar-refractivity contribution in [2.45, 2.75) is 0 Å². The summed E-state index contributed by atoms with van der Waals surface area (Å²) in [6.45, 7) is 0. The Morgan fingerprint density at radius 3 is 2.38 bits per heavy atom. The summed E-state index contributed by atoms with van der Waals surface area (Å²) in [4.78, 5) is 14.3. The van der Waals surface area contributed by atoms with Gasteiger partial charge in [0.15, 0.2) is 0 Å². The van der Waals surface area contributed by atoms with E-state index >= 15 is 0 Å². The van der Waals surface area contributed by atoms with E-state index < -0.39 is 5.91 Å². The van der Waals surface area contributed by atoms with Crippen molar-refractivity contribution in [2.24, 2.45) is 5.73 Å². The van der Waals surface area contributed by atoms with Crippen LogP contribution in [0.25, 0.3) is 0 Å². The number of pyridine rings is 1. The number of carbonyl (C=O) groups is 1. The van der Waals surface area contributed by atoms with Gasteiger partial charge in [0, 0.05) is 12.3 Å². The summed E-state index contributed by atoms with van der Waals surface area (Å²) in [5, 5.41) is 0. The van der Waals surface area contributed by atoms with Crippen molar-refractivity contribution in [3.63, 3.8) is 0 Å². The zero-order valence-corrected chi connectivity index (χ0v) is 8.52. The predicted molar refractivity (Wildman–Crippen MR) is 53.8 cm³/mol. The standard InChI is InChI=1S/C7H8N2O2.2ClH/c1-11-6-3-2-5(4-9-6)7(8)10;;/h2-4H,1H3,(H2,8,10);2*1H. The van der Waals surface area contributed by atoms with Crippen molar-refractivity contribution in [1.82, 2.24) is 4.98 Å². The number of methoxy groups -OCH3 is 1. The quantitative estimate of drug-likeness (QED) is 0.817. The van der Waals surface area contributed by atoms with E-state index in [9.17, 15) is 4.79 Å². The highest BCUT2D eigenvalue weighted by atomic mass is 35.5. The third kappa shape index (κ3) is 3.96. The number of nitrogens with two attached hydrogens (primary N) is 1. The summed E-state index contributed by atoms with van der Waals surface area (Å²) in [5.41, 5.74) is 5.37. The number of rotatable bonds is 2. The SMILES string of the molecule is COc1ccc(C(N)=O)cn1.Cl.Cl. The molecule has 1 amide bonds. The van der Waals surface area contributed by atoms with E-state index in [0.29, 0.717) is 11.4 Å². The lowest BCUT2D eigenvalue weighted by Crippen LogP contribution is -2.10. The molecule has 6 heteroatoms. The van der Waals surface area contributed by atoms with Gasteiger partial charge in [0.2, 0.25) is 11.8 Å². The van der Waals surface area contributed by atoms with E-state index in [-0.39, 0.29) is 24.8 Å². The molecule has 13 heavy (non-hydrogen) atoms. The van der Waals surface area contributed by atoms with E-state index in [1.54, 1.807) is 12.1 Å². The van der Waals surface area contributed by atoms with Crippen LogP contribution in [0.5, 0.6) is 5.88 Å². The third-order valence-electron chi connectivity index (χ3n) is 1.23. The van der Waals surface area contributed by atoms with E-state index in [4.69, 9.17) is 10.5 Å². The van der Waals surface area contributed by atoms with Crippen molar-refractivity contribution >= 4 is 30.7 Å². The molecule has 0 unspecified atom stereocenters. The summed E-state index contributed by atoms with van der Waals surface area (Å²) < 4.78 is 4.79. The van der Waals surface area contributed by atoms with Gasteiger partial charge in [-0.25, -0.2) is 4.98 Å². The second-order valence-corrected chi connectivity index (χ2v) is 1.95. The van der Waals surface area contributed by atoms with Crippen LogP contribution < -0.4 is 10.5 Å². The van der Waals surface area contributed by atoms with Crippen molar-refractivity contribution in [2.75, 3.05) is 7.11 Å². The third-order valence-corrected chi connectivity index (χ3v) is 1.23. The highest BCUT2D eigenvalue weighted by Crippen LogP contribution is 2.05. The minimum absolute atomic E-state index is 0. The minimum atomic E-state index is -0.486. The molecule has 74 valence electrons. The van der Waals surface area contributed by atoms with Crippen LogP contribution in [0, 0.1) is 0 Å². The molecule has 0 saturated carbocycles. The molecule has 1 rings (SSSR count). The molecule has 0 radical (unpaired) electrons. The maximum atomic E-state index is 10.5. The average molecular weight is 225 g/mol. The summed E-state index contributed by atoms with van der Waals surface area (Å²) in [7, 11) is 1.51. The number of nitrogens with zero attached hydrogens (tertiary/aromatic N) is 1. The van der Waals surface area contributed by atoms with Crippen LogP contribution >= 0.6 is 24.8 Å². The minimum Gasteiger partial charge on any atom is -0.481 e. The van der Waals surface area contributed by atoms with Gasteiger partial charge < -0.3 is 10.5 Å². The largest absolute Gasteiger partial charge is 0.481 e. The highest BCUT2D eigenvalue weighted by Gasteiger charge is 1.99. The second kappa shape index (κ2) is 6.51. The Labute approximate surface area is 88.3 Å². The van der Waals surface area contributed by atoms with Crippen molar-refractivity contribution < 1.29 is 9.53 Å². The Kier molecular flexibility index (Phi) is 7.27. The first-order valence-corrected chi connectivity index (χ1v) is 3.04. The lowest BCUT2D eigenvalue weighted by Gasteiger charge is -1.97. The first-order chi connectivity index (χ1) is 5.24. The molecule has 1 aromatic heterocycles. The maximum absolute atomic E-state index is 10.5. The number of primary amides is 1. The van der Waals surface area contributed by atoms with Gasteiger partial charge >= 0.3 is 0 Å². The van der Waals surface area contributed by atoms with E-state index in [0.717, 1.165) is 0 Å². The molecule has 0 fully saturated rings. The van der Waals surface area contributed by atoms with Crippen molar-refractivity contribution in [1.29, 1.82) is 0 Å². The van der Waals surface area contributed by atoms with Crippen molar-refractivity contribution in [3.05, 3.63) is 23.9 Å². The smallest absolute Gasteiger partial charge is 0.250 e. The van der Waals surface area contributed by atoms with Crippen molar-refractivity contribution in [3.8, 4) is 5.88 Å². The van der Waals surface area contributed by atoms with Gasteiger partial charge in [-0.2, -0.15) is 0 Å². The maximum Gasteiger partial charge on any atom is 0.250 e. The number of hydrogen-bond donors (Lipinski definition) is 1. The van der Waals surface area contributed by atoms with E-state index in [1.165, 1.54) is 13.3 Å². The summed E-state index contributed by atoms with van der Waals surface area (Å²) in [6, 6.07) is 3.15. The molecular formula is C7H10Cl2N2O2. The molecule has 0 atom stereocenters. The van der Waals surface area contributed by atoms with Gasteiger partial charge in [-0.3, -0.25) is 4.79 Å². The van der Waals surface area contributed by atoms with Crippen LogP contribution in [0.2, 0.25) is 0 Å². The molecule has 0 aromatic carbocycles. The number of aromatic nitrogens is 1.